The molecule has 2 aliphatic heterocycles. The second-order valence-electron chi connectivity index (χ2n) is 12.2. The van der Waals surface area contributed by atoms with Crippen LogP contribution in [0.15, 0.2) is 42.5 Å². The molecule has 0 bridgehead atoms. The average Bonchev–Trinajstić information content (AvgIpc) is 3.39. The van der Waals surface area contributed by atoms with Crippen molar-refractivity contribution in [1.82, 2.24) is 9.80 Å². The zero-order chi connectivity index (χ0) is 31.2. The number of hydrogen-bond acceptors (Lipinski definition) is 3. The quantitative estimate of drug-likeness (QED) is 0.428. The van der Waals surface area contributed by atoms with Crippen LogP contribution >= 0.6 is 0 Å². The van der Waals surface area contributed by atoms with Crippen molar-refractivity contribution in [2.24, 2.45) is 11.8 Å². The van der Waals surface area contributed by atoms with E-state index in [9.17, 15) is 41.0 Å². The van der Waals surface area contributed by atoms with Crippen LogP contribution in [0.25, 0.3) is 0 Å². The molecule has 11 heteroatoms. The van der Waals surface area contributed by atoms with Gasteiger partial charge < -0.3 is 14.9 Å². The smallest absolute Gasteiger partial charge is 0.369 e. The predicted octanol–water partition coefficient (Wildman–Crippen LogP) is 5.92. The van der Waals surface area contributed by atoms with E-state index in [4.69, 9.17) is 0 Å². The summed E-state index contributed by atoms with van der Waals surface area (Å²) >= 11 is 0. The number of alkyl halides is 6. The minimum atomic E-state index is -5.96. The molecule has 0 spiro atoms. The minimum absolute atomic E-state index is 0.0362. The molecule has 0 saturated carbocycles. The van der Waals surface area contributed by atoms with Gasteiger partial charge in [0.1, 0.15) is 0 Å². The van der Waals surface area contributed by atoms with Crippen molar-refractivity contribution in [2.75, 3.05) is 26.2 Å². The molecule has 0 radical (unpaired) electrons. The van der Waals surface area contributed by atoms with Gasteiger partial charge in [0, 0.05) is 50.5 Å². The summed E-state index contributed by atoms with van der Waals surface area (Å²) in [6, 6.07) is 10.0. The largest absolute Gasteiger partial charge is 0.430 e. The Balaban J connectivity index is 1.43. The Hall–Kier alpha value is -3.08. The summed E-state index contributed by atoms with van der Waals surface area (Å²) < 4.78 is 80.9. The Kier molecular flexibility index (Phi) is 8.59. The number of carbonyl (C=O) groups is 2. The van der Waals surface area contributed by atoms with Gasteiger partial charge >= 0.3 is 12.4 Å². The first kappa shape index (κ1) is 31.3. The lowest BCUT2D eigenvalue weighted by molar-refractivity contribution is -0.376. The highest BCUT2D eigenvalue weighted by Crippen LogP contribution is 2.50. The van der Waals surface area contributed by atoms with Crippen molar-refractivity contribution in [3.63, 3.8) is 0 Å². The molecule has 1 N–H and O–H groups in total. The Labute approximate surface area is 246 Å². The number of piperidine rings is 1. The molecule has 5 rings (SSSR count). The maximum Gasteiger partial charge on any atom is 0.430 e. The molecular weight excluding hydrogens is 574 g/mol. The molecule has 3 aliphatic rings. The zero-order valence-corrected chi connectivity index (χ0v) is 24.0. The SMILES string of the molecule is CC(=O)N1CCC(C(=O)N2C[C@@H](Cc3cccc4c3CCCC4)[C@H](c3ccc(C(O)(C(F)(F)F)C(F)(F)F)cc3)C2)CC1. The molecule has 0 unspecified atom stereocenters. The molecule has 2 aromatic carbocycles. The van der Waals surface area contributed by atoms with Crippen molar-refractivity contribution < 1.29 is 41.0 Å². The first-order chi connectivity index (χ1) is 20.2. The molecule has 1 aliphatic carbocycles. The lowest BCUT2D eigenvalue weighted by Crippen LogP contribution is -2.53. The highest BCUT2D eigenvalue weighted by atomic mass is 19.4. The van der Waals surface area contributed by atoms with E-state index in [-0.39, 0.29) is 36.1 Å². The number of aliphatic hydroxyl groups is 1. The van der Waals surface area contributed by atoms with Crippen LogP contribution in [0.3, 0.4) is 0 Å². The fourth-order valence-electron chi connectivity index (χ4n) is 7.13. The van der Waals surface area contributed by atoms with E-state index in [1.54, 1.807) is 9.80 Å². The van der Waals surface area contributed by atoms with Gasteiger partial charge in [0.25, 0.3) is 5.60 Å². The number of fused-ring (bicyclic) bond motifs is 1. The third-order valence-electron chi connectivity index (χ3n) is 9.59. The monoisotopic (exact) mass is 610 g/mol. The van der Waals surface area contributed by atoms with Crippen molar-refractivity contribution >= 4 is 11.8 Å². The van der Waals surface area contributed by atoms with E-state index in [0.717, 1.165) is 31.2 Å². The standard InChI is InChI=1S/C32H36F6N2O3/c1-20(41)39-15-13-23(14-16-39)29(42)40-18-25(17-24-7-4-6-21-5-2-3-8-27(21)24)28(19-40)22-9-11-26(12-10-22)30(43,31(33,34)35)32(36,37)38/h4,6-7,9-12,23,25,28,43H,2-3,5,8,13-19H2,1H3/t25-,28+/m1/s1. The molecular formula is C32H36F6N2O3. The second-order valence-corrected chi connectivity index (χ2v) is 12.2. The van der Waals surface area contributed by atoms with Gasteiger partial charge in [-0.2, -0.15) is 26.3 Å². The van der Waals surface area contributed by atoms with Crippen LogP contribution in [0.1, 0.15) is 66.3 Å². The van der Waals surface area contributed by atoms with Crippen LogP contribution in [0.4, 0.5) is 26.3 Å². The fourth-order valence-corrected chi connectivity index (χ4v) is 7.13. The van der Waals surface area contributed by atoms with Crippen LogP contribution in [0.5, 0.6) is 0 Å². The molecule has 234 valence electrons. The minimum Gasteiger partial charge on any atom is -0.369 e. The summed E-state index contributed by atoms with van der Waals surface area (Å²) in [5.41, 5.74) is -2.01. The van der Waals surface area contributed by atoms with E-state index in [0.29, 0.717) is 56.6 Å². The number of hydrogen-bond donors (Lipinski definition) is 1. The Morgan fingerprint density at radius 1 is 0.860 bits per heavy atom. The van der Waals surface area contributed by atoms with E-state index in [1.165, 1.54) is 30.2 Å². The summed E-state index contributed by atoms with van der Waals surface area (Å²) in [6.45, 7) is 3.18. The Morgan fingerprint density at radius 3 is 2.09 bits per heavy atom. The Bertz CT molecular complexity index is 1320. The third-order valence-corrected chi connectivity index (χ3v) is 9.59. The van der Waals surface area contributed by atoms with Gasteiger partial charge in [0.05, 0.1) is 0 Å². The van der Waals surface area contributed by atoms with Crippen LogP contribution in [0.2, 0.25) is 0 Å². The zero-order valence-electron chi connectivity index (χ0n) is 24.0. The van der Waals surface area contributed by atoms with E-state index >= 15 is 0 Å². The number of aryl methyl sites for hydroxylation is 1. The van der Waals surface area contributed by atoms with Gasteiger partial charge in [0.15, 0.2) is 0 Å². The molecule has 43 heavy (non-hydrogen) atoms. The topological polar surface area (TPSA) is 60.9 Å². The summed E-state index contributed by atoms with van der Waals surface area (Å²) in [6.07, 6.45) is -6.10. The first-order valence-corrected chi connectivity index (χ1v) is 14.8. The summed E-state index contributed by atoms with van der Waals surface area (Å²) in [5, 5.41) is 9.86. The number of carbonyl (C=O) groups excluding carboxylic acids is 2. The van der Waals surface area contributed by atoms with Crippen molar-refractivity contribution in [1.29, 1.82) is 0 Å². The van der Waals surface area contributed by atoms with Gasteiger partial charge in [-0.3, -0.25) is 9.59 Å². The molecule has 2 atom stereocenters. The third kappa shape index (κ3) is 6.01. The normalized spacial score (nSPS) is 22.0. The number of halogens is 6. The molecule has 0 aromatic heterocycles. The van der Waals surface area contributed by atoms with E-state index in [2.05, 4.69) is 12.1 Å². The lowest BCUT2D eigenvalue weighted by Gasteiger charge is -2.33. The van der Waals surface area contributed by atoms with E-state index in [1.807, 2.05) is 6.07 Å². The van der Waals surface area contributed by atoms with Crippen molar-refractivity contribution in [3.8, 4) is 0 Å². The molecule has 2 amide bonds. The van der Waals surface area contributed by atoms with Crippen molar-refractivity contribution in [3.05, 3.63) is 70.3 Å². The summed E-state index contributed by atoms with van der Waals surface area (Å²) in [4.78, 5) is 28.8. The Morgan fingerprint density at radius 2 is 1.49 bits per heavy atom. The number of likely N-dealkylation sites (tertiary alicyclic amines) is 2. The van der Waals surface area contributed by atoms with Crippen molar-refractivity contribution in [2.45, 2.75) is 75.7 Å². The molecule has 2 fully saturated rings. The van der Waals surface area contributed by atoms with Gasteiger partial charge in [-0.25, -0.2) is 0 Å². The molecule has 5 nitrogen and oxygen atoms in total. The highest BCUT2D eigenvalue weighted by Gasteiger charge is 2.71. The fraction of sp³-hybridized carbons (Fsp3) is 0.562. The summed E-state index contributed by atoms with van der Waals surface area (Å²) in [5.74, 6) is -0.754. The number of rotatable bonds is 5. The number of nitrogens with zero attached hydrogens (tertiary/aromatic N) is 2. The molecule has 2 saturated heterocycles. The van der Waals surface area contributed by atoms with Gasteiger partial charge in [-0.05, 0) is 73.1 Å². The summed E-state index contributed by atoms with van der Waals surface area (Å²) in [7, 11) is 0. The highest BCUT2D eigenvalue weighted by molar-refractivity contribution is 5.80. The average molecular weight is 611 g/mol. The second kappa shape index (κ2) is 11.8. The van der Waals surface area contributed by atoms with Gasteiger partial charge in [-0.1, -0.05) is 42.5 Å². The number of benzene rings is 2. The van der Waals surface area contributed by atoms with Gasteiger partial charge in [0.2, 0.25) is 11.8 Å². The maximum absolute atomic E-state index is 13.6. The van der Waals surface area contributed by atoms with Gasteiger partial charge in [-0.15, -0.1) is 0 Å². The van der Waals surface area contributed by atoms with Crippen LogP contribution in [-0.2, 0) is 34.5 Å². The molecule has 2 heterocycles. The van der Waals surface area contributed by atoms with E-state index < -0.39 is 23.5 Å². The maximum atomic E-state index is 13.6. The lowest BCUT2D eigenvalue weighted by atomic mass is 9.80. The van der Waals surface area contributed by atoms with Crippen LogP contribution in [-0.4, -0.2) is 65.3 Å². The first-order valence-electron chi connectivity index (χ1n) is 14.8. The predicted molar refractivity (Wildman–Crippen MR) is 147 cm³/mol. The van der Waals surface area contributed by atoms with Crippen LogP contribution in [0, 0.1) is 11.8 Å². The number of amides is 2. The van der Waals surface area contributed by atoms with Crippen LogP contribution < -0.4 is 0 Å². The molecule has 2 aromatic rings.